The molecule has 0 saturated carbocycles. The number of nitrogens with zero attached hydrogens (tertiary/aromatic N) is 1. The lowest BCUT2D eigenvalue weighted by Crippen LogP contribution is -2.34. The Morgan fingerprint density at radius 3 is 2.46 bits per heavy atom. The van der Waals surface area contributed by atoms with E-state index in [0.717, 1.165) is 5.56 Å². The van der Waals surface area contributed by atoms with Gasteiger partial charge in [-0.1, -0.05) is 30.3 Å². The summed E-state index contributed by atoms with van der Waals surface area (Å²) in [5, 5.41) is 5.45. The van der Waals surface area contributed by atoms with Gasteiger partial charge in [0.1, 0.15) is 11.8 Å². The van der Waals surface area contributed by atoms with Crippen LogP contribution >= 0.6 is 0 Å². The Morgan fingerprint density at radius 2 is 1.82 bits per heavy atom. The summed E-state index contributed by atoms with van der Waals surface area (Å²) in [7, 11) is 1.57. The number of ether oxygens (including phenoxy) is 1. The Kier molecular flexibility index (Phi) is 5.93. The third kappa shape index (κ3) is 4.31. The van der Waals surface area contributed by atoms with Crippen LogP contribution in [0.2, 0.25) is 0 Å². The van der Waals surface area contributed by atoms with E-state index in [1.165, 1.54) is 4.90 Å². The molecule has 1 heterocycles. The Morgan fingerprint density at radius 1 is 1.14 bits per heavy atom. The maximum Gasteiger partial charge on any atom is 0.325 e. The SMILES string of the molecule is COc1ccc(NC(=O)CC[C@H]2NC(=O)N([C@@H](C)c3ccccc3)C2=O)cc1. The molecule has 1 saturated heterocycles. The molecule has 146 valence electrons. The number of amides is 4. The minimum absolute atomic E-state index is 0.121. The highest BCUT2D eigenvalue weighted by molar-refractivity contribution is 6.05. The number of rotatable bonds is 7. The van der Waals surface area contributed by atoms with Crippen LogP contribution in [0.3, 0.4) is 0 Å². The van der Waals surface area contributed by atoms with Gasteiger partial charge in [-0.25, -0.2) is 4.79 Å². The number of nitrogens with one attached hydrogen (secondary N) is 2. The van der Waals surface area contributed by atoms with Crippen molar-refractivity contribution in [3.63, 3.8) is 0 Å². The average Bonchev–Trinajstić information content (AvgIpc) is 3.00. The smallest absolute Gasteiger partial charge is 0.325 e. The average molecular weight is 381 g/mol. The van der Waals surface area contributed by atoms with E-state index in [-0.39, 0.29) is 30.7 Å². The standard InChI is InChI=1S/C21H23N3O4/c1-14(15-6-4-3-5-7-15)24-20(26)18(23-21(24)27)12-13-19(25)22-16-8-10-17(28-2)11-9-16/h3-11,14,18H,12-13H2,1-2H3,(H,22,25)(H,23,27)/t14-,18+/m0/s1. The molecule has 2 aromatic rings. The quantitative estimate of drug-likeness (QED) is 0.722. The van der Waals surface area contributed by atoms with E-state index in [9.17, 15) is 14.4 Å². The molecule has 0 aliphatic carbocycles. The molecular weight excluding hydrogens is 358 g/mol. The maximum absolute atomic E-state index is 12.7. The van der Waals surface area contributed by atoms with E-state index in [2.05, 4.69) is 10.6 Å². The fourth-order valence-electron chi connectivity index (χ4n) is 3.16. The lowest BCUT2D eigenvalue weighted by Gasteiger charge is -2.21. The molecule has 0 radical (unpaired) electrons. The summed E-state index contributed by atoms with van der Waals surface area (Å²) in [6.07, 6.45) is 0.362. The summed E-state index contributed by atoms with van der Waals surface area (Å²) in [4.78, 5) is 38.3. The van der Waals surface area contributed by atoms with Crippen LogP contribution in [0.25, 0.3) is 0 Å². The Hall–Kier alpha value is -3.35. The molecule has 0 spiro atoms. The highest BCUT2D eigenvalue weighted by Crippen LogP contribution is 2.25. The lowest BCUT2D eigenvalue weighted by atomic mass is 10.1. The first-order chi connectivity index (χ1) is 13.5. The molecule has 0 unspecified atom stereocenters. The summed E-state index contributed by atoms with van der Waals surface area (Å²) in [6, 6.07) is 14.8. The van der Waals surface area contributed by atoms with Gasteiger partial charge < -0.3 is 15.4 Å². The molecule has 1 fully saturated rings. The van der Waals surface area contributed by atoms with Gasteiger partial charge in [-0.2, -0.15) is 0 Å². The highest BCUT2D eigenvalue weighted by Gasteiger charge is 2.40. The third-order valence-electron chi connectivity index (χ3n) is 4.76. The number of hydrogen-bond donors (Lipinski definition) is 2. The summed E-state index contributed by atoms with van der Waals surface area (Å²) >= 11 is 0. The van der Waals surface area contributed by atoms with Crippen molar-refractivity contribution in [1.82, 2.24) is 10.2 Å². The van der Waals surface area contributed by atoms with Crippen LogP contribution < -0.4 is 15.4 Å². The van der Waals surface area contributed by atoms with Crippen molar-refractivity contribution in [1.29, 1.82) is 0 Å². The lowest BCUT2D eigenvalue weighted by molar-refractivity contribution is -0.129. The zero-order valence-corrected chi connectivity index (χ0v) is 15.8. The Balaban J connectivity index is 1.55. The number of anilines is 1. The monoisotopic (exact) mass is 381 g/mol. The number of carbonyl (C=O) groups is 3. The van der Waals surface area contributed by atoms with Gasteiger partial charge in [0.05, 0.1) is 13.2 Å². The second kappa shape index (κ2) is 8.56. The van der Waals surface area contributed by atoms with E-state index in [1.807, 2.05) is 37.3 Å². The van der Waals surface area contributed by atoms with Gasteiger partial charge in [0.15, 0.2) is 0 Å². The molecule has 2 atom stereocenters. The van der Waals surface area contributed by atoms with E-state index in [4.69, 9.17) is 4.74 Å². The number of benzene rings is 2. The zero-order valence-electron chi connectivity index (χ0n) is 15.8. The molecule has 1 aliphatic heterocycles. The summed E-state index contributed by atoms with van der Waals surface area (Å²) in [5.74, 6) is 0.172. The van der Waals surface area contributed by atoms with Crippen molar-refractivity contribution in [2.24, 2.45) is 0 Å². The van der Waals surface area contributed by atoms with Crippen LogP contribution in [0.1, 0.15) is 31.4 Å². The van der Waals surface area contributed by atoms with E-state index >= 15 is 0 Å². The second-order valence-electron chi connectivity index (χ2n) is 6.61. The van der Waals surface area contributed by atoms with Crippen molar-refractivity contribution in [3.8, 4) is 5.75 Å². The van der Waals surface area contributed by atoms with Gasteiger partial charge in [-0.05, 0) is 43.2 Å². The van der Waals surface area contributed by atoms with E-state index < -0.39 is 12.1 Å². The first kappa shape index (κ1) is 19.4. The van der Waals surface area contributed by atoms with Gasteiger partial charge in [0, 0.05) is 12.1 Å². The number of carbonyl (C=O) groups excluding carboxylic acids is 3. The first-order valence-corrected chi connectivity index (χ1v) is 9.12. The molecular formula is C21H23N3O4. The summed E-state index contributed by atoms with van der Waals surface area (Å²) < 4.78 is 5.08. The van der Waals surface area contributed by atoms with Crippen LogP contribution in [0.4, 0.5) is 10.5 Å². The topological polar surface area (TPSA) is 87.7 Å². The third-order valence-corrected chi connectivity index (χ3v) is 4.76. The van der Waals surface area contributed by atoms with Gasteiger partial charge in [0.25, 0.3) is 5.91 Å². The minimum Gasteiger partial charge on any atom is -0.497 e. The molecule has 7 nitrogen and oxygen atoms in total. The van der Waals surface area contributed by atoms with Crippen molar-refractivity contribution in [3.05, 3.63) is 60.2 Å². The van der Waals surface area contributed by atoms with Crippen LogP contribution in [0.5, 0.6) is 5.75 Å². The van der Waals surface area contributed by atoms with Crippen LogP contribution in [0, 0.1) is 0 Å². The number of methoxy groups -OCH3 is 1. The fourth-order valence-corrected chi connectivity index (χ4v) is 3.16. The fraction of sp³-hybridized carbons (Fsp3) is 0.286. The predicted molar refractivity (Wildman–Crippen MR) is 105 cm³/mol. The number of urea groups is 1. The van der Waals surface area contributed by atoms with Crippen LogP contribution in [-0.4, -0.2) is 35.9 Å². The Labute approximate surface area is 163 Å². The highest BCUT2D eigenvalue weighted by atomic mass is 16.5. The molecule has 2 aromatic carbocycles. The van der Waals surface area contributed by atoms with Crippen molar-refractivity contribution < 1.29 is 19.1 Å². The minimum atomic E-state index is -0.694. The largest absolute Gasteiger partial charge is 0.497 e. The van der Waals surface area contributed by atoms with Crippen LogP contribution in [0.15, 0.2) is 54.6 Å². The molecule has 28 heavy (non-hydrogen) atoms. The number of hydrogen-bond acceptors (Lipinski definition) is 4. The zero-order chi connectivity index (χ0) is 20.1. The molecule has 4 amide bonds. The molecule has 2 N–H and O–H groups in total. The molecule has 3 rings (SSSR count). The van der Waals surface area contributed by atoms with Gasteiger partial charge >= 0.3 is 6.03 Å². The Bertz CT molecular complexity index is 852. The second-order valence-corrected chi connectivity index (χ2v) is 6.61. The maximum atomic E-state index is 12.7. The predicted octanol–water partition coefficient (Wildman–Crippen LogP) is 3.10. The molecule has 0 bridgehead atoms. The van der Waals surface area contributed by atoms with Crippen molar-refractivity contribution in [2.75, 3.05) is 12.4 Å². The van der Waals surface area contributed by atoms with Gasteiger partial charge in [-0.15, -0.1) is 0 Å². The first-order valence-electron chi connectivity index (χ1n) is 9.12. The molecule has 0 aromatic heterocycles. The van der Waals surface area contributed by atoms with Crippen molar-refractivity contribution >= 4 is 23.5 Å². The molecule has 7 heteroatoms. The number of imide groups is 1. The summed E-state index contributed by atoms with van der Waals surface area (Å²) in [5.41, 5.74) is 1.52. The van der Waals surface area contributed by atoms with E-state index in [0.29, 0.717) is 11.4 Å². The van der Waals surface area contributed by atoms with E-state index in [1.54, 1.807) is 31.4 Å². The normalized spacial score (nSPS) is 17.2. The molecule has 1 aliphatic rings. The summed E-state index contributed by atoms with van der Waals surface area (Å²) in [6.45, 7) is 1.81. The van der Waals surface area contributed by atoms with Gasteiger partial charge in [-0.3, -0.25) is 14.5 Å². The van der Waals surface area contributed by atoms with Crippen LogP contribution in [-0.2, 0) is 9.59 Å². The van der Waals surface area contributed by atoms with Crippen molar-refractivity contribution in [2.45, 2.75) is 31.8 Å². The van der Waals surface area contributed by atoms with Gasteiger partial charge in [0.2, 0.25) is 5.91 Å².